The Kier molecular flexibility index (Phi) is 4.23. The number of benzene rings is 1. The maximum Gasteiger partial charge on any atom is 0.270 e. The summed E-state index contributed by atoms with van der Waals surface area (Å²) in [6.07, 6.45) is 3.18. The predicted molar refractivity (Wildman–Crippen MR) is 78.7 cm³/mol. The van der Waals surface area contributed by atoms with E-state index in [2.05, 4.69) is 10.4 Å². The van der Waals surface area contributed by atoms with Crippen molar-refractivity contribution in [1.82, 2.24) is 9.78 Å². The third-order valence-corrected chi connectivity index (χ3v) is 3.12. The van der Waals surface area contributed by atoms with Crippen LogP contribution in [0.5, 0.6) is 0 Å². The first-order valence-corrected chi connectivity index (χ1v) is 6.55. The molecule has 21 heavy (non-hydrogen) atoms. The summed E-state index contributed by atoms with van der Waals surface area (Å²) < 4.78 is 1.69. The molecular formula is C13H13ClN4O3. The number of nitrogens with zero attached hydrogens (tertiary/aromatic N) is 3. The summed E-state index contributed by atoms with van der Waals surface area (Å²) in [6, 6.07) is 3.88. The van der Waals surface area contributed by atoms with E-state index in [0.29, 0.717) is 5.69 Å². The minimum absolute atomic E-state index is 0.0446. The van der Waals surface area contributed by atoms with Gasteiger partial charge >= 0.3 is 0 Å². The Labute approximate surface area is 125 Å². The van der Waals surface area contributed by atoms with Crippen LogP contribution in [0.1, 0.15) is 30.2 Å². The molecule has 7 nitrogen and oxygen atoms in total. The van der Waals surface area contributed by atoms with E-state index in [1.54, 1.807) is 10.9 Å². The molecule has 0 unspecified atom stereocenters. The standard InChI is InChI=1S/C13H13ClN4O3/c1-8(2)17-7-9(6-15-17)16-13(19)11-5-10(18(20)21)3-4-12(11)14/h3-8H,1-2H3,(H,16,19). The number of carbonyl (C=O) groups excluding carboxylic acids is 1. The van der Waals surface area contributed by atoms with Crippen molar-refractivity contribution in [1.29, 1.82) is 0 Å². The molecular weight excluding hydrogens is 296 g/mol. The monoisotopic (exact) mass is 308 g/mol. The fourth-order valence-corrected chi connectivity index (χ4v) is 1.89. The van der Waals surface area contributed by atoms with E-state index in [1.165, 1.54) is 18.3 Å². The normalized spacial score (nSPS) is 10.7. The lowest BCUT2D eigenvalue weighted by Crippen LogP contribution is -2.12. The molecule has 2 rings (SSSR count). The molecule has 0 fully saturated rings. The number of carbonyl (C=O) groups is 1. The minimum atomic E-state index is -0.579. The van der Waals surface area contributed by atoms with E-state index in [4.69, 9.17) is 11.6 Å². The molecule has 0 bridgehead atoms. The molecule has 1 N–H and O–H groups in total. The van der Waals surface area contributed by atoms with Crippen LogP contribution in [0.25, 0.3) is 0 Å². The van der Waals surface area contributed by atoms with Crippen molar-refractivity contribution < 1.29 is 9.72 Å². The Morgan fingerprint density at radius 3 is 2.76 bits per heavy atom. The summed E-state index contributed by atoms with van der Waals surface area (Å²) in [7, 11) is 0. The highest BCUT2D eigenvalue weighted by atomic mass is 35.5. The van der Waals surface area contributed by atoms with Gasteiger partial charge in [-0.2, -0.15) is 5.10 Å². The number of anilines is 1. The quantitative estimate of drug-likeness (QED) is 0.693. The number of non-ortho nitro benzene ring substituents is 1. The van der Waals surface area contributed by atoms with E-state index in [0.717, 1.165) is 6.07 Å². The molecule has 110 valence electrons. The highest BCUT2D eigenvalue weighted by molar-refractivity contribution is 6.34. The lowest BCUT2D eigenvalue weighted by molar-refractivity contribution is -0.384. The molecule has 0 aliphatic heterocycles. The first kappa shape index (κ1) is 15.0. The molecule has 1 aromatic carbocycles. The maximum atomic E-state index is 12.1. The van der Waals surface area contributed by atoms with Crippen LogP contribution in [0.3, 0.4) is 0 Å². The Bertz CT molecular complexity index is 696. The lowest BCUT2D eigenvalue weighted by atomic mass is 10.2. The SMILES string of the molecule is CC(C)n1cc(NC(=O)c2cc([N+](=O)[O-])ccc2Cl)cn1. The van der Waals surface area contributed by atoms with Crippen LogP contribution in [0, 0.1) is 10.1 Å². The Morgan fingerprint density at radius 2 is 2.19 bits per heavy atom. The van der Waals surface area contributed by atoms with E-state index < -0.39 is 10.8 Å². The molecule has 0 atom stereocenters. The van der Waals surface area contributed by atoms with Crippen LogP contribution in [-0.2, 0) is 0 Å². The molecule has 0 radical (unpaired) electrons. The lowest BCUT2D eigenvalue weighted by Gasteiger charge is -2.05. The summed E-state index contributed by atoms with van der Waals surface area (Å²) in [5.74, 6) is -0.521. The summed E-state index contributed by atoms with van der Waals surface area (Å²) in [4.78, 5) is 22.3. The average Bonchev–Trinajstić information content (AvgIpc) is 2.87. The molecule has 1 heterocycles. The van der Waals surface area contributed by atoms with Gasteiger partial charge in [-0.05, 0) is 19.9 Å². The van der Waals surface area contributed by atoms with Gasteiger partial charge in [-0.25, -0.2) is 0 Å². The van der Waals surface area contributed by atoms with Crippen molar-refractivity contribution in [2.75, 3.05) is 5.32 Å². The van der Waals surface area contributed by atoms with E-state index in [9.17, 15) is 14.9 Å². The summed E-state index contributed by atoms with van der Waals surface area (Å²) in [5, 5.41) is 17.6. The van der Waals surface area contributed by atoms with E-state index >= 15 is 0 Å². The zero-order valence-electron chi connectivity index (χ0n) is 11.4. The fraction of sp³-hybridized carbons (Fsp3) is 0.231. The van der Waals surface area contributed by atoms with Crippen LogP contribution in [-0.4, -0.2) is 20.6 Å². The minimum Gasteiger partial charge on any atom is -0.319 e. The number of halogens is 1. The molecule has 0 aliphatic carbocycles. The smallest absolute Gasteiger partial charge is 0.270 e. The Hall–Kier alpha value is -2.41. The van der Waals surface area contributed by atoms with Crippen molar-refractivity contribution in [2.24, 2.45) is 0 Å². The van der Waals surface area contributed by atoms with Crippen LogP contribution in [0.2, 0.25) is 5.02 Å². The Morgan fingerprint density at radius 1 is 1.48 bits per heavy atom. The van der Waals surface area contributed by atoms with Crippen molar-refractivity contribution >= 4 is 28.9 Å². The second-order valence-corrected chi connectivity index (χ2v) is 5.09. The number of nitrogens with one attached hydrogen (secondary N) is 1. The van der Waals surface area contributed by atoms with E-state index in [-0.39, 0.29) is 22.3 Å². The third kappa shape index (κ3) is 3.38. The predicted octanol–water partition coefficient (Wildman–Crippen LogP) is 3.28. The molecule has 0 saturated heterocycles. The Balaban J connectivity index is 2.23. The zero-order valence-corrected chi connectivity index (χ0v) is 12.2. The molecule has 8 heteroatoms. The first-order chi connectivity index (χ1) is 9.88. The molecule has 2 aromatic rings. The fourth-order valence-electron chi connectivity index (χ4n) is 1.68. The topological polar surface area (TPSA) is 90.1 Å². The van der Waals surface area contributed by atoms with E-state index in [1.807, 2.05) is 13.8 Å². The van der Waals surface area contributed by atoms with Gasteiger partial charge in [0, 0.05) is 24.4 Å². The number of nitro benzene ring substituents is 1. The van der Waals surface area contributed by atoms with Crippen molar-refractivity contribution in [3.8, 4) is 0 Å². The molecule has 0 aliphatic rings. The zero-order chi connectivity index (χ0) is 15.6. The third-order valence-electron chi connectivity index (χ3n) is 2.79. The summed E-state index contributed by atoms with van der Waals surface area (Å²) in [5.41, 5.74) is 0.349. The van der Waals surface area contributed by atoms with Crippen LogP contribution < -0.4 is 5.32 Å². The van der Waals surface area contributed by atoms with Gasteiger partial charge in [0.2, 0.25) is 0 Å². The average molecular weight is 309 g/mol. The highest BCUT2D eigenvalue weighted by Gasteiger charge is 2.16. The second kappa shape index (κ2) is 5.92. The largest absolute Gasteiger partial charge is 0.319 e. The number of rotatable bonds is 4. The number of hydrogen-bond donors (Lipinski definition) is 1. The number of amides is 1. The van der Waals surface area contributed by atoms with Crippen molar-refractivity contribution in [3.63, 3.8) is 0 Å². The first-order valence-electron chi connectivity index (χ1n) is 6.18. The summed E-state index contributed by atoms with van der Waals surface area (Å²) >= 11 is 5.91. The van der Waals surface area contributed by atoms with Gasteiger partial charge < -0.3 is 5.32 Å². The van der Waals surface area contributed by atoms with Gasteiger partial charge in [0.1, 0.15) is 0 Å². The molecule has 1 amide bonds. The second-order valence-electron chi connectivity index (χ2n) is 4.68. The summed E-state index contributed by atoms with van der Waals surface area (Å²) in [6.45, 7) is 3.91. The highest BCUT2D eigenvalue weighted by Crippen LogP contribution is 2.23. The van der Waals surface area contributed by atoms with Gasteiger partial charge in [-0.15, -0.1) is 0 Å². The van der Waals surface area contributed by atoms with Gasteiger partial charge in [0.05, 0.1) is 27.4 Å². The molecule has 0 spiro atoms. The maximum absolute atomic E-state index is 12.1. The van der Waals surface area contributed by atoms with Gasteiger partial charge in [-0.1, -0.05) is 11.6 Å². The van der Waals surface area contributed by atoms with Gasteiger partial charge in [0.15, 0.2) is 0 Å². The number of nitro groups is 1. The van der Waals surface area contributed by atoms with Gasteiger partial charge in [0.25, 0.3) is 11.6 Å². The van der Waals surface area contributed by atoms with Crippen LogP contribution >= 0.6 is 11.6 Å². The van der Waals surface area contributed by atoms with Gasteiger partial charge in [-0.3, -0.25) is 19.6 Å². The number of hydrogen-bond acceptors (Lipinski definition) is 4. The van der Waals surface area contributed by atoms with Crippen molar-refractivity contribution in [3.05, 3.63) is 51.3 Å². The van der Waals surface area contributed by atoms with Crippen LogP contribution in [0.15, 0.2) is 30.6 Å². The molecule has 0 saturated carbocycles. The molecule has 1 aromatic heterocycles. The number of aromatic nitrogens is 2. The van der Waals surface area contributed by atoms with Crippen LogP contribution in [0.4, 0.5) is 11.4 Å². The van der Waals surface area contributed by atoms with Crippen molar-refractivity contribution in [2.45, 2.75) is 19.9 Å².